The van der Waals surface area contributed by atoms with Crippen LogP contribution in [-0.4, -0.2) is 35.8 Å². The highest BCUT2D eigenvalue weighted by atomic mass is 35.5. The molecule has 1 aromatic rings. The number of anilines is 1. The maximum atomic E-state index is 12.1. The molecular formula is C14H18ClN3O2. The molecule has 1 aliphatic rings. The SMILES string of the molecule is CC(CN1CCCC1=O)NC(=O)c1ccc(Cl)cc1N. The molecule has 0 saturated carbocycles. The second-order valence-corrected chi connectivity index (χ2v) is 5.49. The highest BCUT2D eigenvalue weighted by molar-refractivity contribution is 6.31. The fraction of sp³-hybridized carbons (Fsp3) is 0.429. The number of nitrogens with zero attached hydrogens (tertiary/aromatic N) is 1. The van der Waals surface area contributed by atoms with Gasteiger partial charge < -0.3 is 16.0 Å². The Labute approximate surface area is 123 Å². The molecular weight excluding hydrogens is 278 g/mol. The maximum Gasteiger partial charge on any atom is 0.253 e. The minimum absolute atomic E-state index is 0.125. The van der Waals surface area contributed by atoms with Crippen LogP contribution in [0.2, 0.25) is 5.02 Å². The Balaban J connectivity index is 1.95. The van der Waals surface area contributed by atoms with Crippen LogP contribution >= 0.6 is 11.6 Å². The molecule has 0 aromatic heterocycles. The first-order chi connectivity index (χ1) is 9.47. The van der Waals surface area contributed by atoms with Gasteiger partial charge in [0.1, 0.15) is 0 Å². The van der Waals surface area contributed by atoms with E-state index in [2.05, 4.69) is 5.32 Å². The molecule has 0 aliphatic carbocycles. The van der Waals surface area contributed by atoms with Crippen LogP contribution in [0.5, 0.6) is 0 Å². The Kier molecular flexibility index (Phi) is 4.49. The molecule has 0 bridgehead atoms. The van der Waals surface area contributed by atoms with E-state index in [1.54, 1.807) is 23.1 Å². The lowest BCUT2D eigenvalue weighted by atomic mass is 10.1. The Bertz CT molecular complexity index is 533. The minimum Gasteiger partial charge on any atom is -0.398 e. The summed E-state index contributed by atoms with van der Waals surface area (Å²) in [5, 5.41) is 3.34. The predicted molar refractivity (Wildman–Crippen MR) is 78.6 cm³/mol. The molecule has 2 amide bonds. The van der Waals surface area contributed by atoms with E-state index in [1.165, 1.54) is 0 Å². The zero-order valence-corrected chi connectivity index (χ0v) is 12.1. The molecule has 1 saturated heterocycles. The number of rotatable bonds is 4. The number of carbonyl (C=O) groups is 2. The lowest BCUT2D eigenvalue weighted by Gasteiger charge is -2.22. The molecule has 5 nitrogen and oxygen atoms in total. The first-order valence-electron chi connectivity index (χ1n) is 6.61. The number of hydrogen-bond donors (Lipinski definition) is 2. The Morgan fingerprint density at radius 3 is 2.90 bits per heavy atom. The van der Waals surface area contributed by atoms with Crippen LogP contribution in [0.3, 0.4) is 0 Å². The summed E-state index contributed by atoms with van der Waals surface area (Å²) in [7, 11) is 0. The average molecular weight is 296 g/mol. The van der Waals surface area contributed by atoms with Crippen molar-refractivity contribution in [3.63, 3.8) is 0 Å². The number of nitrogen functional groups attached to an aromatic ring is 1. The Morgan fingerprint density at radius 2 is 2.30 bits per heavy atom. The van der Waals surface area contributed by atoms with Gasteiger partial charge in [0.05, 0.1) is 5.56 Å². The van der Waals surface area contributed by atoms with Gasteiger partial charge >= 0.3 is 0 Å². The first kappa shape index (κ1) is 14.7. The summed E-state index contributed by atoms with van der Waals surface area (Å²) < 4.78 is 0. The molecule has 1 unspecified atom stereocenters. The molecule has 0 radical (unpaired) electrons. The summed E-state index contributed by atoms with van der Waals surface area (Å²) in [5.74, 6) is -0.101. The van der Waals surface area contributed by atoms with Gasteiger partial charge in [0, 0.05) is 36.3 Å². The standard InChI is InChI=1S/C14H18ClN3O2/c1-9(8-18-6-2-3-13(18)19)17-14(20)11-5-4-10(15)7-12(11)16/h4-5,7,9H,2-3,6,8,16H2,1H3,(H,17,20). The van der Waals surface area contributed by atoms with Crippen LogP contribution in [0.25, 0.3) is 0 Å². The van der Waals surface area contributed by atoms with Crippen molar-refractivity contribution in [2.45, 2.75) is 25.8 Å². The molecule has 1 heterocycles. The lowest BCUT2D eigenvalue weighted by Crippen LogP contribution is -2.42. The maximum absolute atomic E-state index is 12.1. The highest BCUT2D eigenvalue weighted by Crippen LogP contribution is 2.18. The van der Waals surface area contributed by atoms with Gasteiger partial charge in [-0.25, -0.2) is 0 Å². The van der Waals surface area contributed by atoms with E-state index in [0.717, 1.165) is 13.0 Å². The van der Waals surface area contributed by atoms with Gasteiger partial charge in [-0.05, 0) is 31.5 Å². The van der Waals surface area contributed by atoms with Crippen molar-refractivity contribution in [2.24, 2.45) is 0 Å². The molecule has 20 heavy (non-hydrogen) atoms. The molecule has 1 aromatic carbocycles. The van der Waals surface area contributed by atoms with E-state index in [-0.39, 0.29) is 17.9 Å². The number of nitrogens with one attached hydrogen (secondary N) is 1. The highest BCUT2D eigenvalue weighted by Gasteiger charge is 2.22. The lowest BCUT2D eigenvalue weighted by molar-refractivity contribution is -0.127. The van der Waals surface area contributed by atoms with Crippen LogP contribution in [0, 0.1) is 0 Å². The number of likely N-dealkylation sites (tertiary alicyclic amines) is 1. The quantitative estimate of drug-likeness (QED) is 0.830. The van der Waals surface area contributed by atoms with E-state index in [0.29, 0.717) is 29.2 Å². The van der Waals surface area contributed by atoms with Gasteiger partial charge in [-0.1, -0.05) is 11.6 Å². The van der Waals surface area contributed by atoms with Crippen molar-refractivity contribution in [1.29, 1.82) is 0 Å². The first-order valence-corrected chi connectivity index (χ1v) is 6.99. The molecule has 2 rings (SSSR count). The molecule has 1 atom stereocenters. The van der Waals surface area contributed by atoms with Gasteiger partial charge in [-0.2, -0.15) is 0 Å². The fourth-order valence-corrected chi connectivity index (χ4v) is 2.50. The zero-order valence-electron chi connectivity index (χ0n) is 11.4. The second kappa shape index (κ2) is 6.13. The predicted octanol–water partition coefficient (Wildman–Crippen LogP) is 1.66. The zero-order chi connectivity index (χ0) is 14.7. The number of halogens is 1. The van der Waals surface area contributed by atoms with Crippen molar-refractivity contribution in [3.8, 4) is 0 Å². The smallest absolute Gasteiger partial charge is 0.253 e. The average Bonchev–Trinajstić information content (AvgIpc) is 2.74. The Hall–Kier alpha value is -1.75. The minimum atomic E-state index is -0.252. The molecule has 3 N–H and O–H groups in total. The van der Waals surface area contributed by atoms with Crippen LogP contribution in [0.4, 0.5) is 5.69 Å². The number of carbonyl (C=O) groups excluding carboxylic acids is 2. The summed E-state index contributed by atoms with van der Waals surface area (Å²) in [6.45, 7) is 3.16. The number of amides is 2. The fourth-order valence-electron chi connectivity index (χ4n) is 2.32. The van der Waals surface area contributed by atoms with Gasteiger partial charge in [0.15, 0.2) is 0 Å². The summed E-state index contributed by atoms with van der Waals surface area (Å²) in [6, 6.07) is 4.65. The van der Waals surface area contributed by atoms with Gasteiger partial charge in [-0.15, -0.1) is 0 Å². The van der Waals surface area contributed by atoms with E-state index < -0.39 is 0 Å². The van der Waals surface area contributed by atoms with Crippen molar-refractivity contribution in [1.82, 2.24) is 10.2 Å². The second-order valence-electron chi connectivity index (χ2n) is 5.05. The van der Waals surface area contributed by atoms with Crippen LogP contribution in [-0.2, 0) is 4.79 Å². The van der Waals surface area contributed by atoms with Crippen LogP contribution in [0.1, 0.15) is 30.1 Å². The van der Waals surface area contributed by atoms with Crippen molar-refractivity contribution < 1.29 is 9.59 Å². The monoisotopic (exact) mass is 295 g/mol. The molecule has 6 heteroatoms. The van der Waals surface area contributed by atoms with E-state index in [9.17, 15) is 9.59 Å². The number of benzene rings is 1. The van der Waals surface area contributed by atoms with Crippen LogP contribution < -0.4 is 11.1 Å². The number of hydrogen-bond acceptors (Lipinski definition) is 3. The third-order valence-corrected chi connectivity index (χ3v) is 3.54. The van der Waals surface area contributed by atoms with Crippen molar-refractivity contribution in [2.75, 3.05) is 18.8 Å². The van der Waals surface area contributed by atoms with E-state index in [4.69, 9.17) is 17.3 Å². The van der Waals surface area contributed by atoms with E-state index in [1.807, 2.05) is 6.92 Å². The summed E-state index contributed by atoms with van der Waals surface area (Å²) in [5.41, 5.74) is 6.52. The van der Waals surface area contributed by atoms with E-state index >= 15 is 0 Å². The topological polar surface area (TPSA) is 75.4 Å². The summed E-state index contributed by atoms with van der Waals surface area (Å²) in [4.78, 5) is 25.4. The Morgan fingerprint density at radius 1 is 1.55 bits per heavy atom. The van der Waals surface area contributed by atoms with Crippen molar-refractivity contribution in [3.05, 3.63) is 28.8 Å². The molecule has 108 valence electrons. The van der Waals surface area contributed by atoms with Gasteiger partial charge in [0.25, 0.3) is 5.91 Å². The third-order valence-electron chi connectivity index (χ3n) is 3.30. The van der Waals surface area contributed by atoms with Crippen LogP contribution in [0.15, 0.2) is 18.2 Å². The molecule has 1 aliphatic heterocycles. The molecule has 1 fully saturated rings. The van der Waals surface area contributed by atoms with Gasteiger partial charge in [0.2, 0.25) is 5.91 Å². The molecule has 0 spiro atoms. The number of nitrogens with two attached hydrogens (primary N) is 1. The summed E-state index contributed by atoms with van der Waals surface area (Å²) in [6.07, 6.45) is 1.49. The van der Waals surface area contributed by atoms with Gasteiger partial charge in [-0.3, -0.25) is 9.59 Å². The largest absolute Gasteiger partial charge is 0.398 e. The summed E-state index contributed by atoms with van der Waals surface area (Å²) >= 11 is 5.80. The third kappa shape index (κ3) is 3.42. The van der Waals surface area contributed by atoms with Crippen molar-refractivity contribution >= 4 is 29.1 Å². The normalized spacial score (nSPS) is 16.3.